The fraction of sp³-hybridized carbons (Fsp3) is 0.200. The first-order valence-electron chi connectivity index (χ1n) is 6.10. The van der Waals surface area contributed by atoms with Crippen LogP contribution in [0.1, 0.15) is 18.6 Å². The zero-order valence-electron chi connectivity index (χ0n) is 11.4. The summed E-state index contributed by atoms with van der Waals surface area (Å²) in [7, 11) is 1.57. The van der Waals surface area contributed by atoms with Crippen molar-refractivity contribution in [3.8, 4) is 17.2 Å². The third-order valence-corrected chi connectivity index (χ3v) is 4.09. The van der Waals surface area contributed by atoms with Gasteiger partial charge in [0.15, 0.2) is 0 Å². The van der Waals surface area contributed by atoms with E-state index < -0.39 is 11.9 Å². The Balaban J connectivity index is 2.41. The van der Waals surface area contributed by atoms with Gasteiger partial charge in [0.2, 0.25) is 0 Å². The molecule has 0 unspecified atom stereocenters. The van der Waals surface area contributed by atoms with E-state index in [1.807, 2.05) is 0 Å². The van der Waals surface area contributed by atoms with Crippen molar-refractivity contribution in [2.45, 2.75) is 13.0 Å². The maximum atomic E-state index is 13.3. The fourth-order valence-electron chi connectivity index (χ4n) is 1.80. The number of aliphatic hydroxyl groups excluding tert-OH is 1. The Morgan fingerprint density at radius 2 is 1.67 bits per heavy atom. The predicted molar refractivity (Wildman–Crippen MR) is 85.5 cm³/mol. The third-order valence-electron chi connectivity index (χ3n) is 2.85. The lowest BCUT2D eigenvalue weighted by Gasteiger charge is -2.15. The van der Waals surface area contributed by atoms with E-state index >= 15 is 0 Å². The molecule has 0 amide bonds. The van der Waals surface area contributed by atoms with Gasteiger partial charge in [-0.2, -0.15) is 0 Å². The Hall–Kier alpha value is -1.11. The molecule has 6 heteroatoms. The molecule has 112 valence electrons. The normalized spacial score (nSPS) is 12.1. The fourth-order valence-corrected chi connectivity index (χ4v) is 2.69. The molecule has 0 radical (unpaired) electrons. The Bertz CT molecular complexity index is 660. The number of hydrogen-bond acceptors (Lipinski definition) is 3. The van der Waals surface area contributed by atoms with E-state index in [9.17, 15) is 9.50 Å². The molecular weight excluding hydrogens is 407 g/mol. The molecule has 2 aromatic rings. The highest BCUT2D eigenvalue weighted by atomic mass is 79.9. The van der Waals surface area contributed by atoms with Crippen molar-refractivity contribution in [1.29, 1.82) is 0 Å². The quantitative estimate of drug-likeness (QED) is 0.739. The van der Waals surface area contributed by atoms with E-state index in [1.165, 1.54) is 18.2 Å². The number of halogens is 3. The number of benzene rings is 2. The number of rotatable bonds is 4. The number of ether oxygens (including phenoxy) is 2. The highest BCUT2D eigenvalue weighted by Gasteiger charge is 2.14. The molecule has 0 aliphatic heterocycles. The summed E-state index contributed by atoms with van der Waals surface area (Å²) in [5, 5.41) is 9.73. The first kappa shape index (κ1) is 16.3. The molecule has 0 bridgehead atoms. The smallest absolute Gasteiger partial charge is 0.143 e. The maximum Gasteiger partial charge on any atom is 0.143 e. The van der Waals surface area contributed by atoms with Gasteiger partial charge in [-0.25, -0.2) is 4.39 Å². The van der Waals surface area contributed by atoms with Crippen LogP contribution in [0.3, 0.4) is 0 Å². The van der Waals surface area contributed by atoms with Crippen LogP contribution in [0.2, 0.25) is 0 Å². The minimum Gasteiger partial charge on any atom is -0.496 e. The van der Waals surface area contributed by atoms with Crippen LogP contribution in [0.15, 0.2) is 39.3 Å². The average molecular weight is 420 g/mol. The molecule has 3 nitrogen and oxygen atoms in total. The minimum atomic E-state index is -0.837. The van der Waals surface area contributed by atoms with E-state index in [1.54, 1.807) is 26.2 Å². The molecule has 0 saturated carbocycles. The molecule has 0 aromatic heterocycles. The molecular formula is C15H13Br2FO3. The van der Waals surface area contributed by atoms with E-state index in [4.69, 9.17) is 9.47 Å². The van der Waals surface area contributed by atoms with E-state index in [0.717, 1.165) is 4.47 Å². The van der Waals surface area contributed by atoms with Crippen molar-refractivity contribution in [3.05, 3.63) is 50.7 Å². The second kappa shape index (κ2) is 6.77. The molecule has 1 N–H and O–H groups in total. The van der Waals surface area contributed by atoms with Crippen LogP contribution in [0.4, 0.5) is 4.39 Å². The number of methoxy groups -OCH3 is 1. The van der Waals surface area contributed by atoms with Gasteiger partial charge in [0, 0.05) is 5.56 Å². The van der Waals surface area contributed by atoms with Crippen LogP contribution >= 0.6 is 31.9 Å². The van der Waals surface area contributed by atoms with Crippen LogP contribution in [0.5, 0.6) is 17.2 Å². The second-order valence-electron chi connectivity index (χ2n) is 4.38. The van der Waals surface area contributed by atoms with Gasteiger partial charge >= 0.3 is 0 Å². The molecule has 2 rings (SSSR count). The predicted octanol–water partition coefficient (Wildman–Crippen LogP) is 5.20. The Labute approximate surface area is 139 Å². The van der Waals surface area contributed by atoms with Crippen LogP contribution in [-0.4, -0.2) is 12.2 Å². The van der Waals surface area contributed by atoms with Gasteiger partial charge < -0.3 is 14.6 Å². The van der Waals surface area contributed by atoms with Gasteiger partial charge in [0.25, 0.3) is 0 Å². The lowest BCUT2D eigenvalue weighted by atomic mass is 10.1. The molecule has 0 fully saturated rings. The van der Waals surface area contributed by atoms with Gasteiger partial charge in [0.05, 0.1) is 22.2 Å². The summed E-state index contributed by atoms with van der Waals surface area (Å²) in [4.78, 5) is 0. The molecule has 0 saturated heterocycles. The van der Waals surface area contributed by atoms with Crippen molar-refractivity contribution < 1.29 is 19.0 Å². The summed E-state index contributed by atoms with van der Waals surface area (Å²) < 4.78 is 25.7. The lowest BCUT2D eigenvalue weighted by Crippen LogP contribution is -1.98. The molecule has 21 heavy (non-hydrogen) atoms. The third kappa shape index (κ3) is 3.75. The highest BCUT2D eigenvalue weighted by molar-refractivity contribution is 9.11. The van der Waals surface area contributed by atoms with Gasteiger partial charge in [-0.1, -0.05) is 0 Å². The summed E-state index contributed by atoms with van der Waals surface area (Å²) in [6.07, 6.45) is -0.837. The topological polar surface area (TPSA) is 38.7 Å². The lowest BCUT2D eigenvalue weighted by molar-refractivity contribution is 0.195. The minimum absolute atomic E-state index is 0.383. The first-order valence-corrected chi connectivity index (χ1v) is 7.69. The van der Waals surface area contributed by atoms with Crippen molar-refractivity contribution in [2.75, 3.05) is 7.11 Å². The highest BCUT2D eigenvalue weighted by Crippen LogP contribution is 2.39. The van der Waals surface area contributed by atoms with Gasteiger partial charge in [-0.15, -0.1) is 0 Å². The molecule has 0 aliphatic rings. The Morgan fingerprint density at radius 3 is 2.29 bits per heavy atom. The largest absolute Gasteiger partial charge is 0.496 e. The van der Waals surface area contributed by atoms with Crippen LogP contribution in [0, 0.1) is 5.82 Å². The van der Waals surface area contributed by atoms with Crippen LogP contribution in [0.25, 0.3) is 0 Å². The molecule has 0 spiro atoms. The average Bonchev–Trinajstić information content (AvgIpc) is 2.44. The number of hydrogen-bond donors (Lipinski definition) is 1. The van der Waals surface area contributed by atoms with Crippen molar-refractivity contribution >= 4 is 31.9 Å². The maximum absolute atomic E-state index is 13.3. The summed E-state index contributed by atoms with van der Waals surface area (Å²) in [6.45, 7) is 1.56. The van der Waals surface area contributed by atoms with Gasteiger partial charge in [0.1, 0.15) is 23.1 Å². The summed E-state index contributed by atoms with van der Waals surface area (Å²) in [6, 6.07) is 7.52. The Morgan fingerprint density at radius 1 is 1.05 bits per heavy atom. The SMILES string of the molecule is COc1cc(Br)c(Oc2ccc(F)cc2[C@@H](C)O)cc1Br. The van der Waals surface area contributed by atoms with E-state index in [0.29, 0.717) is 27.3 Å². The van der Waals surface area contributed by atoms with Crippen LogP contribution < -0.4 is 9.47 Å². The van der Waals surface area contributed by atoms with E-state index in [2.05, 4.69) is 31.9 Å². The van der Waals surface area contributed by atoms with Crippen LogP contribution in [-0.2, 0) is 0 Å². The zero-order chi connectivity index (χ0) is 15.6. The van der Waals surface area contributed by atoms with Gasteiger partial charge in [-0.05, 0) is 69.1 Å². The molecule has 1 atom stereocenters. The summed E-state index contributed by atoms with van der Waals surface area (Å²) in [5.74, 6) is 1.15. The van der Waals surface area contributed by atoms with Crippen molar-refractivity contribution in [1.82, 2.24) is 0 Å². The summed E-state index contributed by atoms with van der Waals surface area (Å²) >= 11 is 6.77. The monoisotopic (exact) mass is 418 g/mol. The van der Waals surface area contributed by atoms with Crippen molar-refractivity contribution in [3.63, 3.8) is 0 Å². The molecule has 0 aliphatic carbocycles. The number of aliphatic hydroxyl groups is 1. The second-order valence-corrected chi connectivity index (χ2v) is 6.09. The van der Waals surface area contributed by atoms with Crippen molar-refractivity contribution in [2.24, 2.45) is 0 Å². The van der Waals surface area contributed by atoms with E-state index in [-0.39, 0.29) is 0 Å². The summed E-state index contributed by atoms with van der Waals surface area (Å²) in [5.41, 5.74) is 0.383. The molecule has 0 heterocycles. The zero-order valence-corrected chi connectivity index (χ0v) is 14.5. The first-order chi connectivity index (χ1) is 9.92. The standard InChI is InChI=1S/C15H13Br2FO3/c1-8(19)10-5-9(18)3-4-13(10)21-15-7-11(16)14(20-2)6-12(15)17/h3-8,19H,1-2H3/t8-/m1/s1. The molecule has 2 aromatic carbocycles. The van der Waals surface area contributed by atoms with Gasteiger partial charge in [-0.3, -0.25) is 0 Å². The Kier molecular flexibility index (Phi) is 5.24.